The molecule has 0 heterocycles. The topological polar surface area (TPSA) is 101 Å². The molecule has 0 saturated heterocycles. The summed E-state index contributed by atoms with van der Waals surface area (Å²) >= 11 is 5.21. The Morgan fingerprint density at radius 2 is 1.75 bits per heavy atom. The van der Waals surface area contributed by atoms with Crippen molar-refractivity contribution in [3.8, 4) is 11.5 Å². The molecule has 2 rings (SSSR count). The Kier molecular flexibility index (Phi) is 6.31. The van der Waals surface area contributed by atoms with E-state index in [9.17, 15) is 27.3 Å². The van der Waals surface area contributed by atoms with Crippen LogP contribution in [0.2, 0.25) is 0 Å². The lowest BCUT2D eigenvalue weighted by Gasteiger charge is -2.13. The molecule has 0 bridgehead atoms. The van der Waals surface area contributed by atoms with Crippen molar-refractivity contribution in [2.24, 2.45) is 0 Å². The van der Waals surface area contributed by atoms with Crippen LogP contribution < -0.4 is 4.74 Å². The predicted molar refractivity (Wildman–Crippen MR) is 107 cm³/mol. The third-order valence-electron chi connectivity index (χ3n) is 2.72. The standard InChI is InChI=1S/C13H6FI3O6S/c14-5-1-2-6(9(18)3-5)13(19)23-11-7(15)4-8(16)12(10(11)17)24(20,21)22/h1-4,18H,(H,20,21,22). The second-order valence-corrected chi connectivity index (χ2v) is 9.10. The van der Waals surface area contributed by atoms with E-state index in [1.54, 1.807) is 45.2 Å². The Morgan fingerprint density at radius 3 is 2.29 bits per heavy atom. The summed E-state index contributed by atoms with van der Waals surface area (Å²) in [5.41, 5.74) is -0.282. The first kappa shape index (κ1) is 20.1. The second-order valence-electron chi connectivity index (χ2n) is 4.34. The zero-order valence-corrected chi connectivity index (χ0v) is 18.5. The first-order chi connectivity index (χ1) is 11.0. The van der Waals surface area contributed by atoms with Crippen molar-refractivity contribution in [3.63, 3.8) is 0 Å². The van der Waals surface area contributed by atoms with Crippen LogP contribution in [0.5, 0.6) is 11.5 Å². The summed E-state index contributed by atoms with van der Waals surface area (Å²) in [6.07, 6.45) is 0. The number of hydrogen-bond donors (Lipinski definition) is 2. The highest BCUT2D eigenvalue weighted by molar-refractivity contribution is 14.1. The number of aromatic hydroxyl groups is 1. The van der Waals surface area contributed by atoms with Crippen molar-refractivity contribution < 1.29 is 32.0 Å². The number of phenolic OH excluding ortho intramolecular Hbond substituents is 1. The van der Waals surface area contributed by atoms with Crippen LogP contribution in [0.25, 0.3) is 0 Å². The van der Waals surface area contributed by atoms with Gasteiger partial charge in [0.05, 0.1) is 7.14 Å². The fourth-order valence-corrected chi connectivity index (χ4v) is 7.60. The molecule has 0 unspecified atom stereocenters. The number of halogens is 4. The molecule has 2 aromatic carbocycles. The zero-order chi connectivity index (χ0) is 18.2. The number of carbonyl (C=O) groups excluding carboxylic acids is 1. The van der Waals surface area contributed by atoms with Crippen LogP contribution in [0.4, 0.5) is 4.39 Å². The van der Waals surface area contributed by atoms with Crippen molar-refractivity contribution >= 4 is 83.9 Å². The molecule has 0 radical (unpaired) electrons. The fourth-order valence-electron chi connectivity index (χ4n) is 1.71. The van der Waals surface area contributed by atoms with Gasteiger partial charge in [-0.05, 0) is 86.0 Å². The Balaban J connectivity index is 2.52. The van der Waals surface area contributed by atoms with Crippen molar-refractivity contribution in [2.75, 3.05) is 0 Å². The van der Waals surface area contributed by atoms with E-state index in [4.69, 9.17) is 4.74 Å². The molecule has 0 amide bonds. The smallest absolute Gasteiger partial charge is 0.347 e. The van der Waals surface area contributed by atoms with Gasteiger partial charge in [0, 0.05) is 9.64 Å². The van der Waals surface area contributed by atoms with E-state index in [0.717, 1.165) is 18.2 Å². The van der Waals surface area contributed by atoms with Gasteiger partial charge in [0.2, 0.25) is 0 Å². The highest BCUT2D eigenvalue weighted by atomic mass is 127. The van der Waals surface area contributed by atoms with Gasteiger partial charge in [0.25, 0.3) is 10.1 Å². The van der Waals surface area contributed by atoms with Crippen molar-refractivity contribution in [2.45, 2.75) is 4.90 Å². The molecule has 11 heteroatoms. The van der Waals surface area contributed by atoms with Gasteiger partial charge in [-0.15, -0.1) is 0 Å². The molecule has 2 aromatic rings. The second kappa shape index (κ2) is 7.55. The molecule has 0 aromatic heterocycles. The van der Waals surface area contributed by atoms with Gasteiger partial charge in [-0.1, -0.05) is 0 Å². The van der Waals surface area contributed by atoms with Crippen LogP contribution >= 0.6 is 67.8 Å². The molecule has 6 nitrogen and oxygen atoms in total. The average molecular weight is 690 g/mol. The maximum absolute atomic E-state index is 13.0. The van der Waals surface area contributed by atoms with E-state index in [-0.39, 0.29) is 23.3 Å². The fraction of sp³-hybridized carbons (Fsp3) is 0. The molecule has 0 atom stereocenters. The van der Waals surface area contributed by atoms with E-state index in [0.29, 0.717) is 3.57 Å². The van der Waals surface area contributed by atoms with Gasteiger partial charge < -0.3 is 9.84 Å². The highest BCUT2D eigenvalue weighted by Gasteiger charge is 2.26. The molecule has 0 saturated carbocycles. The number of carbonyl (C=O) groups is 1. The van der Waals surface area contributed by atoms with Crippen LogP contribution in [-0.4, -0.2) is 24.0 Å². The summed E-state index contributed by atoms with van der Waals surface area (Å²) in [6, 6.07) is 4.19. The van der Waals surface area contributed by atoms with Gasteiger partial charge in [-0.2, -0.15) is 8.42 Å². The van der Waals surface area contributed by atoms with Crippen LogP contribution in [0.15, 0.2) is 29.2 Å². The van der Waals surface area contributed by atoms with Gasteiger partial charge in [-0.3, -0.25) is 4.55 Å². The molecule has 0 spiro atoms. The summed E-state index contributed by atoms with van der Waals surface area (Å²) < 4.78 is 51.2. The van der Waals surface area contributed by atoms with E-state index < -0.39 is 27.7 Å². The molecule has 24 heavy (non-hydrogen) atoms. The molecule has 0 aliphatic heterocycles. The molecule has 0 aliphatic carbocycles. The van der Waals surface area contributed by atoms with E-state index >= 15 is 0 Å². The first-order valence-corrected chi connectivity index (χ1v) is 10.6. The number of rotatable bonds is 3. The number of benzene rings is 2. The lowest BCUT2D eigenvalue weighted by molar-refractivity contribution is 0.0728. The SMILES string of the molecule is O=C(Oc1c(I)cc(I)c(S(=O)(=O)O)c1I)c1ccc(F)cc1O. The van der Waals surface area contributed by atoms with Crippen molar-refractivity contribution in [1.29, 1.82) is 0 Å². The van der Waals surface area contributed by atoms with Gasteiger partial charge in [0.15, 0.2) is 5.75 Å². The lowest BCUT2D eigenvalue weighted by atomic mass is 10.2. The van der Waals surface area contributed by atoms with Crippen LogP contribution in [-0.2, 0) is 10.1 Å². The minimum Gasteiger partial charge on any atom is -0.507 e. The predicted octanol–water partition coefficient (Wildman–Crippen LogP) is 3.81. The van der Waals surface area contributed by atoms with Crippen LogP contribution in [0, 0.1) is 16.5 Å². The van der Waals surface area contributed by atoms with Crippen LogP contribution in [0.3, 0.4) is 0 Å². The molecule has 128 valence electrons. The average Bonchev–Trinajstić information content (AvgIpc) is 2.41. The van der Waals surface area contributed by atoms with Crippen molar-refractivity contribution in [1.82, 2.24) is 0 Å². The number of ether oxygens (including phenoxy) is 1. The Labute approximate surface area is 177 Å². The molecule has 0 fully saturated rings. The summed E-state index contributed by atoms with van der Waals surface area (Å²) in [6.45, 7) is 0. The zero-order valence-electron chi connectivity index (χ0n) is 11.3. The van der Waals surface area contributed by atoms with Crippen molar-refractivity contribution in [3.05, 3.63) is 46.4 Å². The lowest BCUT2D eigenvalue weighted by Crippen LogP contribution is -2.13. The maximum Gasteiger partial charge on any atom is 0.347 e. The van der Waals surface area contributed by atoms with Gasteiger partial charge in [-0.25, -0.2) is 9.18 Å². The maximum atomic E-state index is 13.0. The highest BCUT2D eigenvalue weighted by Crippen LogP contribution is 2.36. The minimum absolute atomic E-state index is 0.0151. The summed E-state index contributed by atoms with van der Waals surface area (Å²) in [4.78, 5) is 11.8. The van der Waals surface area contributed by atoms with Gasteiger partial charge in [0.1, 0.15) is 22.0 Å². The molecule has 2 N–H and O–H groups in total. The summed E-state index contributed by atoms with van der Waals surface area (Å²) in [5, 5.41) is 9.62. The monoisotopic (exact) mass is 690 g/mol. The quantitative estimate of drug-likeness (QED) is 0.220. The van der Waals surface area contributed by atoms with E-state index in [2.05, 4.69) is 0 Å². The molecular weight excluding hydrogens is 684 g/mol. The number of phenols is 1. The number of hydrogen-bond acceptors (Lipinski definition) is 5. The summed E-state index contributed by atoms with van der Waals surface area (Å²) in [7, 11) is -4.53. The first-order valence-electron chi connectivity index (χ1n) is 5.88. The Bertz CT molecular complexity index is 945. The third kappa shape index (κ3) is 4.28. The molecule has 0 aliphatic rings. The third-order valence-corrected chi connectivity index (χ3v) is 7.07. The van der Waals surface area contributed by atoms with Crippen LogP contribution in [0.1, 0.15) is 10.4 Å². The molecular formula is C13H6FI3O6S. The van der Waals surface area contributed by atoms with E-state index in [1.807, 2.05) is 22.6 Å². The Morgan fingerprint density at radius 1 is 1.12 bits per heavy atom. The Hall–Kier alpha value is -0.260. The minimum atomic E-state index is -4.53. The normalized spacial score (nSPS) is 11.4. The summed E-state index contributed by atoms with van der Waals surface area (Å²) in [5.74, 6) is -2.41. The van der Waals surface area contributed by atoms with Gasteiger partial charge >= 0.3 is 5.97 Å². The van der Waals surface area contributed by atoms with E-state index in [1.165, 1.54) is 6.07 Å². The largest absolute Gasteiger partial charge is 0.507 e. The number of esters is 1.